The van der Waals surface area contributed by atoms with Gasteiger partial charge in [0.05, 0.1) is 30.0 Å². The Bertz CT molecular complexity index is 862. The minimum absolute atomic E-state index is 0.0137. The average Bonchev–Trinajstić information content (AvgIpc) is 3.20. The molecule has 4 heterocycles. The van der Waals surface area contributed by atoms with Crippen LogP contribution in [0.3, 0.4) is 0 Å². The molecule has 3 aromatic rings. The number of pyridine rings is 2. The van der Waals surface area contributed by atoms with Gasteiger partial charge in [-0.3, -0.25) is 9.97 Å². The lowest BCUT2D eigenvalue weighted by Gasteiger charge is -2.26. The molecule has 6 heteroatoms. The molecule has 3 aromatic heterocycles. The topological polar surface area (TPSA) is 46.0 Å². The van der Waals surface area contributed by atoms with Crippen molar-refractivity contribution in [3.8, 4) is 0 Å². The summed E-state index contributed by atoms with van der Waals surface area (Å²) in [5, 5.41) is 4.19. The molecule has 1 saturated heterocycles. The predicted molar refractivity (Wildman–Crippen MR) is 101 cm³/mol. The van der Waals surface area contributed by atoms with E-state index in [4.69, 9.17) is 12.2 Å². The van der Waals surface area contributed by atoms with Crippen molar-refractivity contribution in [3.05, 3.63) is 84.2 Å². The van der Waals surface area contributed by atoms with Crippen molar-refractivity contribution in [2.45, 2.75) is 18.6 Å². The Balaban J connectivity index is 1.72. The van der Waals surface area contributed by atoms with Gasteiger partial charge in [0.2, 0.25) is 0 Å². The molecule has 1 fully saturated rings. The van der Waals surface area contributed by atoms with Crippen molar-refractivity contribution in [3.63, 3.8) is 0 Å². The summed E-state index contributed by atoms with van der Waals surface area (Å²) in [5.41, 5.74) is 3.19. The van der Waals surface area contributed by atoms with Gasteiger partial charge in [0, 0.05) is 31.8 Å². The second kappa shape index (κ2) is 6.64. The monoisotopic (exact) mass is 349 g/mol. The third-order valence-electron chi connectivity index (χ3n) is 4.45. The molecule has 5 nitrogen and oxygen atoms in total. The molecule has 0 saturated carbocycles. The van der Waals surface area contributed by atoms with E-state index in [0.717, 1.165) is 16.5 Å². The highest BCUT2D eigenvalue weighted by Crippen LogP contribution is 2.39. The summed E-state index contributed by atoms with van der Waals surface area (Å²) >= 11 is 5.65. The number of nitrogens with zero attached hydrogens (tertiary/aromatic N) is 4. The van der Waals surface area contributed by atoms with Crippen molar-refractivity contribution in [1.82, 2.24) is 24.8 Å². The zero-order valence-electron chi connectivity index (χ0n) is 13.9. The van der Waals surface area contributed by atoms with Gasteiger partial charge in [-0.25, -0.2) is 0 Å². The van der Waals surface area contributed by atoms with E-state index in [1.165, 1.54) is 5.56 Å². The van der Waals surface area contributed by atoms with Crippen LogP contribution in [0.25, 0.3) is 0 Å². The first-order valence-electron chi connectivity index (χ1n) is 8.22. The fourth-order valence-electron chi connectivity index (χ4n) is 3.31. The summed E-state index contributed by atoms with van der Waals surface area (Å²) in [6.07, 6.45) is 7.84. The van der Waals surface area contributed by atoms with Gasteiger partial charge in [-0.1, -0.05) is 12.1 Å². The maximum Gasteiger partial charge on any atom is 0.170 e. The number of aromatic nitrogens is 3. The second-order valence-corrected chi connectivity index (χ2v) is 6.57. The van der Waals surface area contributed by atoms with Crippen LogP contribution < -0.4 is 5.32 Å². The van der Waals surface area contributed by atoms with E-state index in [2.05, 4.69) is 43.2 Å². The van der Waals surface area contributed by atoms with Crippen molar-refractivity contribution >= 4 is 17.3 Å². The number of nitrogens with one attached hydrogen (secondary N) is 1. The number of thiocarbonyl (C=S) groups is 1. The van der Waals surface area contributed by atoms with Gasteiger partial charge in [-0.15, -0.1) is 0 Å². The van der Waals surface area contributed by atoms with Gasteiger partial charge in [0.15, 0.2) is 5.11 Å². The fraction of sp³-hybridized carbons (Fsp3) is 0.211. The highest BCUT2D eigenvalue weighted by Gasteiger charge is 2.40. The Morgan fingerprint density at radius 1 is 1.08 bits per heavy atom. The third-order valence-corrected chi connectivity index (χ3v) is 4.80. The van der Waals surface area contributed by atoms with Crippen molar-refractivity contribution < 1.29 is 0 Å². The molecule has 0 aromatic carbocycles. The highest BCUT2D eigenvalue weighted by atomic mass is 32.1. The molecule has 4 rings (SSSR count). The summed E-state index contributed by atoms with van der Waals surface area (Å²) in [7, 11) is 2.03. The first kappa shape index (κ1) is 15.8. The summed E-state index contributed by atoms with van der Waals surface area (Å²) in [6.45, 7) is 0.662. The van der Waals surface area contributed by atoms with Gasteiger partial charge in [0.1, 0.15) is 0 Å². The molecule has 0 bridgehead atoms. The van der Waals surface area contributed by atoms with E-state index in [0.29, 0.717) is 6.54 Å². The standard InChI is InChI=1S/C19H19N5S/c1-23-11-8-14(12-23)18-17(16-7-3-5-10-21-16)22-19(25)24(18)13-15-6-2-4-9-20-15/h2-12,17-18H,13H2,1H3,(H,22,25)/t17-,18+/m1/s1. The van der Waals surface area contributed by atoms with Crippen molar-refractivity contribution in [2.24, 2.45) is 7.05 Å². The molecule has 0 aliphatic carbocycles. The summed E-state index contributed by atoms with van der Waals surface area (Å²) < 4.78 is 2.06. The lowest BCUT2D eigenvalue weighted by Crippen LogP contribution is -2.29. The van der Waals surface area contributed by atoms with Gasteiger partial charge < -0.3 is 14.8 Å². The maximum atomic E-state index is 5.65. The molecule has 25 heavy (non-hydrogen) atoms. The number of hydrogen-bond acceptors (Lipinski definition) is 3. The van der Waals surface area contributed by atoms with E-state index in [9.17, 15) is 0 Å². The lowest BCUT2D eigenvalue weighted by atomic mass is 9.99. The van der Waals surface area contributed by atoms with Gasteiger partial charge in [0.25, 0.3) is 0 Å². The quantitative estimate of drug-likeness (QED) is 0.734. The van der Waals surface area contributed by atoms with E-state index in [1.54, 1.807) is 0 Å². The largest absolute Gasteiger partial charge is 0.357 e. The van der Waals surface area contributed by atoms with Crippen LogP contribution in [0.5, 0.6) is 0 Å². The van der Waals surface area contributed by atoms with Crippen LogP contribution in [0.2, 0.25) is 0 Å². The van der Waals surface area contributed by atoms with Crippen LogP contribution in [0.4, 0.5) is 0 Å². The molecule has 0 unspecified atom stereocenters. The Kier molecular flexibility index (Phi) is 4.19. The SMILES string of the molecule is Cn1ccc([C@H]2[C@@H](c3ccccn3)NC(=S)N2Cc2ccccn2)c1. The fourth-order valence-corrected chi connectivity index (χ4v) is 3.61. The normalized spacial score (nSPS) is 19.9. The van der Waals surface area contributed by atoms with Crippen LogP contribution in [0.15, 0.2) is 67.3 Å². The van der Waals surface area contributed by atoms with Crippen LogP contribution in [0.1, 0.15) is 29.0 Å². The van der Waals surface area contributed by atoms with Gasteiger partial charge in [-0.05, 0) is 48.1 Å². The van der Waals surface area contributed by atoms with Crippen molar-refractivity contribution in [1.29, 1.82) is 0 Å². The highest BCUT2D eigenvalue weighted by molar-refractivity contribution is 7.80. The maximum absolute atomic E-state index is 5.65. The number of aryl methyl sites for hydroxylation is 1. The van der Waals surface area contributed by atoms with E-state index < -0.39 is 0 Å². The number of hydrogen-bond donors (Lipinski definition) is 1. The van der Waals surface area contributed by atoms with E-state index in [1.807, 2.05) is 55.8 Å². The van der Waals surface area contributed by atoms with Gasteiger partial charge >= 0.3 is 0 Å². The molecule has 1 aliphatic rings. The smallest absolute Gasteiger partial charge is 0.170 e. The average molecular weight is 349 g/mol. The molecular weight excluding hydrogens is 330 g/mol. The van der Waals surface area contributed by atoms with Crippen LogP contribution in [0, 0.1) is 0 Å². The Morgan fingerprint density at radius 3 is 2.52 bits per heavy atom. The van der Waals surface area contributed by atoms with Crippen LogP contribution >= 0.6 is 12.2 Å². The molecule has 1 aliphatic heterocycles. The Labute approximate surface area is 152 Å². The molecule has 0 radical (unpaired) electrons. The third kappa shape index (κ3) is 3.13. The first-order chi connectivity index (χ1) is 12.2. The minimum Gasteiger partial charge on any atom is -0.357 e. The molecule has 126 valence electrons. The van der Waals surface area contributed by atoms with E-state index >= 15 is 0 Å². The summed E-state index contributed by atoms with van der Waals surface area (Å²) in [4.78, 5) is 11.2. The molecule has 2 atom stereocenters. The van der Waals surface area contributed by atoms with Crippen LogP contribution in [-0.4, -0.2) is 24.5 Å². The minimum atomic E-state index is 0.0137. The molecule has 1 N–H and O–H groups in total. The molecule has 0 spiro atoms. The lowest BCUT2D eigenvalue weighted by molar-refractivity contribution is 0.308. The predicted octanol–water partition coefficient (Wildman–Crippen LogP) is 2.99. The first-order valence-corrected chi connectivity index (χ1v) is 8.63. The molecule has 0 amide bonds. The summed E-state index contributed by atoms with van der Waals surface area (Å²) in [6, 6.07) is 14.2. The second-order valence-electron chi connectivity index (χ2n) is 6.19. The Morgan fingerprint density at radius 2 is 1.88 bits per heavy atom. The van der Waals surface area contributed by atoms with Crippen LogP contribution in [-0.2, 0) is 13.6 Å². The van der Waals surface area contributed by atoms with Gasteiger partial charge in [-0.2, -0.15) is 0 Å². The zero-order chi connectivity index (χ0) is 17.2. The van der Waals surface area contributed by atoms with Crippen molar-refractivity contribution in [2.75, 3.05) is 0 Å². The number of rotatable bonds is 4. The Hall–Kier alpha value is -2.73. The van der Waals surface area contributed by atoms with E-state index in [-0.39, 0.29) is 12.1 Å². The zero-order valence-corrected chi connectivity index (χ0v) is 14.7. The summed E-state index contributed by atoms with van der Waals surface area (Å²) in [5.74, 6) is 0. The molecular formula is C19H19N5S.